The lowest BCUT2D eigenvalue weighted by molar-refractivity contribution is -0.105. The summed E-state index contributed by atoms with van der Waals surface area (Å²) in [5, 5.41) is 13.1. The van der Waals surface area contributed by atoms with E-state index in [1.165, 1.54) is 12.6 Å². The Labute approximate surface area is 137 Å². The maximum atomic E-state index is 11.6. The van der Waals surface area contributed by atoms with Crippen LogP contribution in [0.25, 0.3) is 6.08 Å². The molecular weight excluding hydrogens is 288 g/mol. The van der Waals surface area contributed by atoms with Crippen LogP contribution in [0.2, 0.25) is 0 Å². The third-order valence-corrected chi connectivity index (χ3v) is 6.71. The highest BCUT2D eigenvalue weighted by molar-refractivity contribution is 5.97. The van der Waals surface area contributed by atoms with Crippen LogP contribution in [-0.4, -0.2) is 22.1 Å². The van der Waals surface area contributed by atoms with Crippen LogP contribution in [0, 0.1) is 23.2 Å². The van der Waals surface area contributed by atoms with E-state index in [0.717, 1.165) is 41.6 Å². The van der Waals surface area contributed by atoms with Gasteiger partial charge >= 0.3 is 5.97 Å². The Hall–Kier alpha value is -1.84. The monoisotopic (exact) mass is 312 g/mol. The molecule has 4 atom stereocenters. The largest absolute Gasteiger partial charge is 0.478 e. The van der Waals surface area contributed by atoms with Crippen molar-refractivity contribution in [3.05, 3.63) is 29.1 Å². The molecule has 0 aliphatic heterocycles. The lowest BCUT2D eigenvalue weighted by Crippen LogP contribution is -2.58. The molecule has 0 amide bonds. The molecular formula is C19H24N2O2. The number of hydrogen-bond donors (Lipinski definition) is 2. The zero-order valence-corrected chi connectivity index (χ0v) is 14.0. The maximum absolute atomic E-state index is 11.6. The van der Waals surface area contributed by atoms with Crippen molar-refractivity contribution in [1.82, 2.24) is 4.98 Å². The number of fused-ring (bicyclic) bond motifs is 3. The maximum Gasteiger partial charge on any atom is 0.339 e. The molecule has 0 saturated heterocycles. The summed E-state index contributed by atoms with van der Waals surface area (Å²) in [5.74, 6) is 1.14. The molecule has 5 rings (SSSR count). The van der Waals surface area contributed by atoms with Gasteiger partial charge in [-0.15, -0.1) is 0 Å². The Bertz CT molecular complexity index is 708. The SMILES string of the molecule is C[C@@H]1[C@@H](Nc2c(C(=O)O)cnc3c2C=CC3)C[C@H]2C[C@@H]1C2(C)C. The number of carbonyl (C=O) groups is 1. The molecule has 0 spiro atoms. The van der Waals surface area contributed by atoms with Crippen molar-refractivity contribution in [2.24, 2.45) is 23.2 Å². The van der Waals surface area contributed by atoms with Gasteiger partial charge in [-0.3, -0.25) is 4.98 Å². The highest BCUT2D eigenvalue weighted by atomic mass is 16.4. The Kier molecular flexibility index (Phi) is 3.09. The van der Waals surface area contributed by atoms with Crippen molar-refractivity contribution in [2.75, 3.05) is 5.32 Å². The summed E-state index contributed by atoms with van der Waals surface area (Å²) >= 11 is 0. The highest BCUT2D eigenvalue weighted by Gasteiger charge is 2.56. The van der Waals surface area contributed by atoms with Gasteiger partial charge in [0.15, 0.2) is 0 Å². The van der Waals surface area contributed by atoms with Gasteiger partial charge in [-0.2, -0.15) is 0 Å². The standard InChI is InChI=1S/C19H24N2O2/c1-10-14-7-11(19(14,2)3)8-16(10)21-17-12-5-4-6-15(12)20-9-13(17)18(22)23/h4-5,9-11,14,16H,6-8H2,1-3H3,(H,20,21)(H,22,23)/t10-,11+,14-,16-/m0/s1. The minimum absolute atomic E-state index is 0.293. The predicted molar refractivity (Wildman–Crippen MR) is 90.5 cm³/mol. The number of carboxylic acid groups (broad SMARTS) is 1. The topological polar surface area (TPSA) is 62.2 Å². The molecule has 4 heteroatoms. The van der Waals surface area contributed by atoms with E-state index in [9.17, 15) is 9.90 Å². The van der Waals surface area contributed by atoms with Crippen LogP contribution in [0.3, 0.4) is 0 Å². The zero-order valence-electron chi connectivity index (χ0n) is 14.0. The number of hydrogen-bond acceptors (Lipinski definition) is 3. The molecule has 2 bridgehead atoms. The van der Waals surface area contributed by atoms with E-state index in [4.69, 9.17) is 0 Å². The van der Waals surface area contributed by atoms with E-state index in [-0.39, 0.29) is 0 Å². The second kappa shape index (κ2) is 4.83. The van der Waals surface area contributed by atoms with Crippen LogP contribution in [0.1, 0.15) is 55.2 Å². The van der Waals surface area contributed by atoms with Crippen LogP contribution in [-0.2, 0) is 6.42 Å². The number of carboxylic acids is 1. The second-order valence-corrected chi connectivity index (χ2v) is 8.03. The van der Waals surface area contributed by atoms with E-state index in [0.29, 0.717) is 22.9 Å². The average Bonchev–Trinajstić information content (AvgIpc) is 2.97. The summed E-state index contributed by atoms with van der Waals surface area (Å²) in [6, 6.07) is 0.352. The predicted octanol–water partition coefficient (Wildman–Crippen LogP) is 3.83. The molecule has 2 N–H and O–H groups in total. The van der Waals surface area contributed by atoms with Crippen molar-refractivity contribution >= 4 is 17.7 Å². The summed E-state index contributed by atoms with van der Waals surface area (Å²) < 4.78 is 0. The smallest absolute Gasteiger partial charge is 0.339 e. The molecule has 0 radical (unpaired) electrons. The zero-order chi connectivity index (χ0) is 16.4. The lowest BCUT2D eigenvalue weighted by atomic mass is 9.44. The number of aromatic nitrogens is 1. The van der Waals surface area contributed by atoms with E-state index in [1.807, 2.05) is 6.08 Å². The molecule has 1 aromatic rings. The summed E-state index contributed by atoms with van der Waals surface area (Å²) in [6.45, 7) is 7.08. The molecule has 3 saturated carbocycles. The molecule has 1 heterocycles. The first kappa shape index (κ1) is 14.7. The third-order valence-electron chi connectivity index (χ3n) is 6.71. The molecule has 4 aliphatic rings. The van der Waals surface area contributed by atoms with E-state index in [1.54, 1.807) is 0 Å². The van der Waals surface area contributed by atoms with E-state index < -0.39 is 5.97 Å². The first-order valence-electron chi connectivity index (χ1n) is 8.58. The van der Waals surface area contributed by atoms with Gasteiger partial charge in [0.05, 0.1) is 11.4 Å². The van der Waals surface area contributed by atoms with Crippen molar-refractivity contribution in [1.29, 1.82) is 0 Å². The Morgan fingerprint density at radius 2 is 2.17 bits per heavy atom. The third kappa shape index (κ3) is 2.03. The molecule has 23 heavy (non-hydrogen) atoms. The summed E-state index contributed by atoms with van der Waals surface area (Å²) in [5.41, 5.74) is 3.45. The molecule has 4 nitrogen and oxygen atoms in total. The van der Waals surface area contributed by atoms with Crippen LogP contribution in [0.4, 0.5) is 5.69 Å². The number of pyridine rings is 1. The molecule has 0 aromatic carbocycles. The first-order valence-corrected chi connectivity index (χ1v) is 8.58. The van der Waals surface area contributed by atoms with Gasteiger partial charge < -0.3 is 10.4 Å². The number of aromatic carboxylic acids is 1. The average molecular weight is 312 g/mol. The van der Waals surface area contributed by atoms with Gasteiger partial charge in [0.1, 0.15) is 5.56 Å². The minimum atomic E-state index is -0.906. The van der Waals surface area contributed by atoms with Crippen molar-refractivity contribution in [3.8, 4) is 0 Å². The molecule has 122 valence electrons. The van der Waals surface area contributed by atoms with Crippen LogP contribution in [0.15, 0.2) is 12.3 Å². The lowest BCUT2D eigenvalue weighted by Gasteiger charge is -2.62. The van der Waals surface area contributed by atoms with E-state index >= 15 is 0 Å². The van der Waals surface area contributed by atoms with Gasteiger partial charge in [0, 0.05) is 24.2 Å². The number of rotatable bonds is 3. The minimum Gasteiger partial charge on any atom is -0.478 e. The highest BCUT2D eigenvalue weighted by Crippen LogP contribution is 2.61. The van der Waals surface area contributed by atoms with Crippen LogP contribution < -0.4 is 5.32 Å². The van der Waals surface area contributed by atoms with Crippen molar-refractivity contribution in [2.45, 2.75) is 46.1 Å². The summed E-state index contributed by atoms with van der Waals surface area (Å²) in [6.07, 6.45) is 8.82. The molecule has 0 unspecified atom stereocenters. The summed E-state index contributed by atoms with van der Waals surface area (Å²) in [7, 11) is 0. The van der Waals surface area contributed by atoms with Gasteiger partial charge in [-0.05, 0) is 36.0 Å². The summed E-state index contributed by atoms with van der Waals surface area (Å²) in [4.78, 5) is 15.9. The fourth-order valence-corrected chi connectivity index (χ4v) is 5.04. The number of anilines is 1. The van der Waals surface area contributed by atoms with Crippen molar-refractivity contribution in [3.63, 3.8) is 0 Å². The molecule has 3 fully saturated rings. The van der Waals surface area contributed by atoms with Crippen molar-refractivity contribution < 1.29 is 9.90 Å². The quantitative estimate of drug-likeness (QED) is 0.890. The molecule has 4 aliphatic carbocycles. The Morgan fingerprint density at radius 1 is 1.39 bits per heavy atom. The second-order valence-electron chi connectivity index (χ2n) is 8.03. The number of nitrogens with one attached hydrogen (secondary N) is 1. The van der Waals surface area contributed by atoms with Gasteiger partial charge in [0.25, 0.3) is 0 Å². The van der Waals surface area contributed by atoms with Crippen LogP contribution >= 0.6 is 0 Å². The van der Waals surface area contributed by atoms with Crippen LogP contribution in [0.5, 0.6) is 0 Å². The Morgan fingerprint density at radius 3 is 2.83 bits per heavy atom. The fourth-order valence-electron chi connectivity index (χ4n) is 5.04. The number of allylic oxidation sites excluding steroid dienone is 1. The normalized spacial score (nSPS) is 33.0. The fraction of sp³-hybridized carbons (Fsp3) is 0.579. The van der Waals surface area contributed by atoms with Gasteiger partial charge in [0.2, 0.25) is 0 Å². The van der Waals surface area contributed by atoms with E-state index in [2.05, 4.69) is 37.1 Å². The molecule has 1 aromatic heterocycles. The number of nitrogens with zero attached hydrogens (tertiary/aromatic N) is 1. The van der Waals surface area contributed by atoms with Gasteiger partial charge in [-0.1, -0.05) is 32.9 Å². The Balaban J connectivity index is 1.66. The first-order chi connectivity index (χ1) is 10.9. The van der Waals surface area contributed by atoms with Gasteiger partial charge in [-0.25, -0.2) is 4.79 Å².